The van der Waals surface area contributed by atoms with E-state index in [1.54, 1.807) is 24.0 Å². The lowest BCUT2D eigenvalue weighted by Crippen LogP contribution is -2.43. The summed E-state index contributed by atoms with van der Waals surface area (Å²) in [7, 11) is -3.30. The average Bonchev–Trinajstić information content (AvgIpc) is 3.26. The highest BCUT2D eigenvalue weighted by Crippen LogP contribution is 2.25. The van der Waals surface area contributed by atoms with Gasteiger partial charge in [0.15, 0.2) is 9.84 Å². The second-order valence-electron chi connectivity index (χ2n) is 6.37. The van der Waals surface area contributed by atoms with E-state index in [4.69, 9.17) is 0 Å². The number of aryl methyl sites for hydroxylation is 1. The molecule has 6 nitrogen and oxygen atoms in total. The molecule has 2 amide bonds. The number of sulfone groups is 1. The molecule has 3 rings (SSSR count). The van der Waals surface area contributed by atoms with E-state index >= 15 is 0 Å². The van der Waals surface area contributed by atoms with E-state index in [2.05, 4.69) is 5.32 Å². The summed E-state index contributed by atoms with van der Waals surface area (Å²) in [5.74, 6) is -0.371. The number of nitrogens with one attached hydrogen (secondary N) is 1. The third-order valence-corrected chi connectivity index (χ3v) is 6.40. The molecule has 26 heavy (non-hydrogen) atoms. The van der Waals surface area contributed by atoms with Crippen molar-refractivity contribution in [1.29, 1.82) is 0 Å². The summed E-state index contributed by atoms with van der Waals surface area (Å²) in [6.07, 6.45) is 2.54. The summed E-state index contributed by atoms with van der Waals surface area (Å²) in [4.78, 5) is 27.7. The van der Waals surface area contributed by atoms with Crippen LogP contribution in [0.15, 0.2) is 40.6 Å². The maximum atomic E-state index is 12.7. The molecule has 1 aliphatic rings. The standard InChI is InChI=1S/C18H20N2O4S2/c1-12-11-13(26(2,23)24)7-8-14(12)19-17(21)15-5-3-9-20(15)18(22)16-6-4-10-25-16/h4,6-8,10-11,15H,3,5,9H2,1-2H3,(H,19,21)/t15-/m0/s1. The maximum absolute atomic E-state index is 12.7. The van der Waals surface area contributed by atoms with E-state index in [0.717, 1.165) is 12.7 Å². The quantitative estimate of drug-likeness (QED) is 0.867. The monoisotopic (exact) mass is 392 g/mol. The zero-order valence-electron chi connectivity index (χ0n) is 14.6. The van der Waals surface area contributed by atoms with E-state index in [-0.39, 0.29) is 16.7 Å². The maximum Gasteiger partial charge on any atom is 0.264 e. The Hall–Kier alpha value is -2.19. The molecule has 8 heteroatoms. The number of thiophene rings is 1. The molecular weight excluding hydrogens is 372 g/mol. The van der Waals surface area contributed by atoms with Gasteiger partial charge in [0.2, 0.25) is 5.91 Å². The van der Waals surface area contributed by atoms with Crippen LogP contribution >= 0.6 is 11.3 Å². The van der Waals surface area contributed by atoms with E-state index in [0.29, 0.717) is 29.1 Å². The Kier molecular flexibility index (Phi) is 5.15. The van der Waals surface area contributed by atoms with Crippen molar-refractivity contribution in [2.45, 2.75) is 30.7 Å². The van der Waals surface area contributed by atoms with Gasteiger partial charge in [-0.05, 0) is 55.0 Å². The molecule has 138 valence electrons. The van der Waals surface area contributed by atoms with Crippen molar-refractivity contribution in [3.8, 4) is 0 Å². The lowest BCUT2D eigenvalue weighted by molar-refractivity contribution is -0.119. The number of rotatable bonds is 4. The molecule has 1 atom stereocenters. The number of hydrogen-bond acceptors (Lipinski definition) is 5. The fourth-order valence-corrected chi connectivity index (χ4v) is 4.43. The van der Waals surface area contributed by atoms with Crippen LogP contribution in [0.5, 0.6) is 0 Å². The normalized spacial score (nSPS) is 17.3. The zero-order valence-corrected chi connectivity index (χ0v) is 16.2. The van der Waals surface area contributed by atoms with E-state index in [9.17, 15) is 18.0 Å². The molecule has 2 heterocycles. The Morgan fingerprint density at radius 2 is 2.04 bits per heavy atom. The molecule has 0 saturated carbocycles. The Labute approximate surface area is 156 Å². The highest BCUT2D eigenvalue weighted by atomic mass is 32.2. The minimum absolute atomic E-state index is 0.123. The largest absolute Gasteiger partial charge is 0.326 e. The Balaban J connectivity index is 1.76. The van der Waals surface area contributed by atoms with Gasteiger partial charge in [0.05, 0.1) is 9.77 Å². The zero-order chi connectivity index (χ0) is 18.9. The Bertz CT molecular complexity index is 936. The van der Waals surface area contributed by atoms with Crippen LogP contribution in [0.4, 0.5) is 5.69 Å². The van der Waals surface area contributed by atoms with E-state index < -0.39 is 15.9 Å². The smallest absolute Gasteiger partial charge is 0.264 e. The Morgan fingerprint density at radius 1 is 1.27 bits per heavy atom. The van der Waals surface area contributed by atoms with Gasteiger partial charge >= 0.3 is 0 Å². The van der Waals surface area contributed by atoms with Gasteiger partial charge in [0, 0.05) is 18.5 Å². The summed E-state index contributed by atoms with van der Waals surface area (Å²) in [6.45, 7) is 2.30. The van der Waals surface area contributed by atoms with Crippen LogP contribution < -0.4 is 5.32 Å². The first-order valence-electron chi connectivity index (χ1n) is 8.23. The van der Waals surface area contributed by atoms with E-state index in [1.807, 2.05) is 11.4 Å². The number of carbonyl (C=O) groups is 2. The molecule has 1 aromatic heterocycles. The second kappa shape index (κ2) is 7.20. The first-order chi connectivity index (χ1) is 12.3. The molecule has 1 fully saturated rings. The molecule has 2 aromatic rings. The lowest BCUT2D eigenvalue weighted by Gasteiger charge is -2.23. The molecule has 0 radical (unpaired) electrons. The second-order valence-corrected chi connectivity index (χ2v) is 9.34. The fraction of sp³-hybridized carbons (Fsp3) is 0.333. The van der Waals surface area contributed by atoms with E-state index in [1.165, 1.54) is 23.5 Å². The van der Waals surface area contributed by atoms with Crippen molar-refractivity contribution in [1.82, 2.24) is 4.90 Å². The van der Waals surface area contributed by atoms with Gasteiger partial charge in [-0.3, -0.25) is 9.59 Å². The summed E-state index contributed by atoms with van der Waals surface area (Å²) >= 11 is 1.36. The van der Waals surface area contributed by atoms with Crippen LogP contribution in [0.3, 0.4) is 0 Å². The van der Waals surface area contributed by atoms with Crippen molar-refractivity contribution in [3.63, 3.8) is 0 Å². The van der Waals surface area contributed by atoms with Crippen LogP contribution in [-0.4, -0.2) is 44.0 Å². The number of hydrogen-bond donors (Lipinski definition) is 1. The minimum Gasteiger partial charge on any atom is -0.326 e. The average molecular weight is 393 g/mol. The van der Waals surface area contributed by atoms with Crippen molar-refractivity contribution >= 4 is 38.7 Å². The molecule has 0 aliphatic carbocycles. The molecule has 1 N–H and O–H groups in total. The third-order valence-electron chi connectivity index (χ3n) is 4.43. The van der Waals surface area contributed by atoms with Crippen molar-refractivity contribution in [3.05, 3.63) is 46.2 Å². The fourth-order valence-electron chi connectivity index (χ4n) is 3.05. The van der Waals surface area contributed by atoms with Gasteiger partial charge in [-0.15, -0.1) is 11.3 Å². The predicted molar refractivity (Wildman–Crippen MR) is 101 cm³/mol. The third kappa shape index (κ3) is 3.81. The summed E-state index contributed by atoms with van der Waals surface area (Å²) < 4.78 is 23.3. The minimum atomic E-state index is -3.30. The molecule has 1 aromatic carbocycles. The first-order valence-corrected chi connectivity index (χ1v) is 11.0. The lowest BCUT2D eigenvalue weighted by atomic mass is 10.1. The topological polar surface area (TPSA) is 83.6 Å². The van der Waals surface area contributed by atoms with Crippen molar-refractivity contribution < 1.29 is 18.0 Å². The van der Waals surface area contributed by atoms with Crippen molar-refractivity contribution in [2.24, 2.45) is 0 Å². The van der Waals surface area contributed by atoms with Crippen LogP contribution in [0, 0.1) is 6.92 Å². The van der Waals surface area contributed by atoms with Crippen LogP contribution in [0.2, 0.25) is 0 Å². The highest BCUT2D eigenvalue weighted by molar-refractivity contribution is 7.90. The first kappa shape index (κ1) is 18.6. The molecule has 1 aliphatic heterocycles. The summed E-state index contributed by atoms with van der Waals surface area (Å²) in [5, 5.41) is 4.68. The summed E-state index contributed by atoms with van der Waals surface area (Å²) in [6, 6.07) is 7.65. The van der Waals surface area contributed by atoms with Crippen LogP contribution in [0.1, 0.15) is 28.1 Å². The van der Waals surface area contributed by atoms with Gasteiger partial charge in [-0.1, -0.05) is 6.07 Å². The number of benzene rings is 1. The van der Waals surface area contributed by atoms with Gasteiger partial charge in [-0.25, -0.2) is 8.42 Å². The molecule has 0 bridgehead atoms. The van der Waals surface area contributed by atoms with Gasteiger partial charge in [-0.2, -0.15) is 0 Å². The summed E-state index contributed by atoms with van der Waals surface area (Å²) in [5.41, 5.74) is 1.22. The number of nitrogens with zero attached hydrogens (tertiary/aromatic N) is 1. The molecule has 0 unspecified atom stereocenters. The highest BCUT2D eigenvalue weighted by Gasteiger charge is 2.35. The number of amides is 2. The van der Waals surface area contributed by atoms with Gasteiger partial charge in [0.25, 0.3) is 5.91 Å². The van der Waals surface area contributed by atoms with Crippen molar-refractivity contribution in [2.75, 3.05) is 18.1 Å². The number of carbonyl (C=O) groups excluding carboxylic acids is 2. The van der Waals surface area contributed by atoms with Crippen LogP contribution in [-0.2, 0) is 14.6 Å². The van der Waals surface area contributed by atoms with Gasteiger partial charge in [0.1, 0.15) is 6.04 Å². The SMILES string of the molecule is Cc1cc(S(C)(=O)=O)ccc1NC(=O)[C@@H]1CCCN1C(=O)c1cccs1. The molecule has 0 spiro atoms. The van der Waals surface area contributed by atoms with Crippen LogP contribution in [0.25, 0.3) is 0 Å². The number of anilines is 1. The molecule has 1 saturated heterocycles. The molecular formula is C18H20N2O4S2. The number of likely N-dealkylation sites (tertiary alicyclic amines) is 1. The predicted octanol–water partition coefficient (Wildman–Crippen LogP) is 2.70. The van der Waals surface area contributed by atoms with Gasteiger partial charge < -0.3 is 10.2 Å². The Morgan fingerprint density at radius 3 is 2.65 bits per heavy atom.